The normalized spacial score (nSPS) is 25.7. The Balaban J connectivity index is 1.72. The molecule has 5 atom stereocenters. The molecule has 11 heteroatoms. The number of aliphatic hydroxyl groups excluding tert-OH is 4. The molecular weight excluding hydrogens is 428 g/mol. The lowest BCUT2D eigenvalue weighted by molar-refractivity contribution is -0.277. The standard InChI is InChI=1S/C21H20O11/c22-7-16-18(27)19(28)20(29)21(32-16)30-9-4-12(25)17-13(26)6-14(31-15(17)5-9)8-1-2-10(23)11(24)3-8/h1-6,16,18-25,27-29H,7H2/t16?,18-,19+,20?,21-/m1/s1. The van der Waals surface area contributed by atoms with Crippen molar-refractivity contribution in [2.24, 2.45) is 0 Å². The predicted octanol–water partition coefficient (Wildman–Crippen LogP) is -0.245. The Kier molecular flexibility index (Phi) is 5.67. The number of hydrogen-bond donors (Lipinski definition) is 7. The first kappa shape index (κ1) is 21.9. The van der Waals surface area contributed by atoms with Crippen LogP contribution >= 0.6 is 0 Å². The van der Waals surface area contributed by atoms with Gasteiger partial charge in [0.2, 0.25) is 6.29 Å². The summed E-state index contributed by atoms with van der Waals surface area (Å²) in [6, 6.07) is 7.23. The van der Waals surface area contributed by atoms with Crippen molar-refractivity contribution in [3.05, 3.63) is 46.6 Å². The molecule has 2 aromatic carbocycles. The molecule has 7 N–H and O–H groups in total. The monoisotopic (exact) mass is 448 g/mol. The largest absolute Gasteiger partial charge is 0.507 e. The van der Waals surface area contributed by atoms with Crippen LogP contribution in [0.1, 0.15) is 0 Å². The number of aliphatic hydroxyl groups is 4. The van der Waals surface area contributed by atoms with Crippen molar-refractivity contribution in [3.63, 3.8) is 0 Å². The Morgan fingerprint density at radius 1 is 0.875 bits per heavy atom. The van der Waals surface area contributed by atoms with Gasteiger partial charge in [-0.05, 0) is 18.2 Å². The Hall–Kier alpha value is -3.35. The zero-order chi connectivity index (χ0) is 23.2. The van der Waals surface area contributed by atoms with Gasteiger partial charge in [-0.2, -0.15) is 0 Å². The summed E-state index contributed by atoms with van der Waals surface area (Å²) in [6.07, 6.45) is -7.61. The molecule has 0 aliphatic carbocycles. The van der Waals surface area contributed by atoms with E-state index in [-0.39, 0.29) is 33.8 Å². The smallest absolute Gasteiger partial charge is 0.229 e. The Morgan fingerprint density at radius 2 is 1.62 bits per heavy atom. The zero-order valence-corrected chi connectivity index (χ0v) is 16.3. The fourth-order valence-corrected chi connectivity index (χ4v) is 3.43. The van der Waals surface area contributed by atoms with Crippen molar-refractivity contribution in [2.75, 3.05) is 6.61 Å². The molecule has 32 heavy (non-hydrogen) atoms. The van der Waals surface area contributed by atoms with Crippen LogP contribution in [0.15, 0.2) is 45.6 Å². The van der Waals surface area contributed by atoms with Crippen LogP contribution in [0, 0.1) is 0 Å². The van der Waals surface area contributed by atoms with E-state index in [1.165, 1.54) is 24.3 Å². The van der Waals surface area contributed by atoms with Crippen molar-refractivity contribution in [1.82, 2.24) is 0 Å². The zero-order valence-electron chi connectivity index (χ0n) is 16.3. The van der Waals surface area contributed by atoms with E-state index >= 15 is 0 Å². The van der Waals surface area contributed by atoms with Gasteiger partial charge in [-0.15, -0.1) is 0 Å². The third-order valence-electron chi connectivity index (χ3n) is 5.14. The number of phenolic OH excluding ortho intramolecular Hbond substituents is 3. The molecule has 0 spiro atoms. The van der Waals surface area contributed by atoms with Gasteiger partial charge in [0.05, 0.1) is 6.61 Å². The number of aromatic hydroxyl groups is 3. The molecule has 0 bridgehead atoms. The Bertz CT molecular complexity index is 1200. The van der Waals surface area contributed by atoms with Crippen molar-refractivity contribution in [1.29, 1.82) is 0 Å². The molecule has 1 aliphatic heterocycles. The van der Waals surface area contributed by atoms with Crippen LogP contribution in [0.4, 0.5) is 0 Å². The molecule has 4 rings (SSSR count). The van der Waals surface area contributed by atoms with Gasteiger partial charge in [0.15, 0.2) is 16.9 Å². The average molecular weight is 448 g/mol. The first-order valence-electron chi connectivity index (χ1n) is 9.50. The third-order valence-corrected chi connectivity index (χ3v) is 5.14. The molecule has 0 saturated carbocycles. The summed E-state index contributed by atoms with van der Waals surface area (Å²) < 4.78 is 16.4. The molecule has 1 aliphatic rings. The summed E-state index contributed by atoms with van der Waals surface area (Å²) in [4.78, 5) is 12.5. The van der Waals surface area contributed by atoms with Gasteiger partial charge in [-0.1, -0.05) is 0 Å². The van der Waals surface area contributed by atoms with Gasteiger partial charge < -0.3 is 49.6 Å². The van der Waals surface area contributed by atoms with Gasteiger partial charge in [0.25, 0.3) is 0 Å². The predicted molar refractivity (Wildman–Crippen MR) is 107 cm³/mol. The second kappa shape index (κ2) is 8.30. The van der Waals surface area contributed by atoms with Crippen molar-refractivity contribution >= 4 is 11.0 Å². The molecule has 2 heterocycles. The quantitative estimate of drug-likeness (QED) is 0.261. The van der Waals surface area contributed by atoms with Crippen molar-refractivity contribution in [2.45, 2.75) is 30.7 Å². The summed E-state index contributed by atoms with van der Waals surface area (Å²) in [5, 5.41) is 68.5. The summed E-state index contributed by atoms with van der Waals surface area (Å²) in [7, 11) is 0. The summed E-state index contributed by atoms with van der Waals surface area (Å²) in [5.74, 6) is -1.34. The molecular formula is C21H20O11. The number of hydrogen-bond acceptors (Lipinski definition) is 11. The molecule has 1 fully saturated rings. The van der Waals surface area contributed by atoms with E-state index in [2.05, 4.69) is 0 Å². The third kappa shape index (κ3) is 3.83. The first-order valence-corrected chi connectivity index (χ1v) is 9.50. The molecule has 0 amide bonds. The van der Waals surface area contributed by atoms with Gasteiger partial charge in [0, 0.05) is 23.8 Å². The van der Waals surface area contributed by atoms with Crippen LogP contribution in [-0.2, 0) is 4.74 Å². The molecule has 0 radical (unpaired) electrons. The molecule has 1 aromatic heterocycles. The highest BCUT2D eigenvalue weighted by Crippen LogP contribution is 2.35. The first-order chi connectivity index (χ1) is 15.2. The minimum absolute atomic E-state index is 0.0298. The summed E-state index contributed by atoms with van der Waals surface area (Å²) in [5.41, 5.74) is -0.413. The van der Waals surface area contributed by atoms with Gasteiger partial charge in [-0.25, -0.2) is 0 Å². The van der Waals surface area contributed by atoms with Gasteiger partial charge in [-0.3, -0.25) is 4.79 Å². The van der Waals surface area contributed by atoms with Crippen LogP contribution in [0.3, 0.4) is 0 Å². The lowest BCUT2D eigenvalue weighted by Gasteiger charge is -2.39. The van der Waals surface area contributed by atoms with Gasteiger partial charge in [0.1, 0.15) is 52.6 Å². The number of phenols is 3. The van der Waals surface area contributed by atoms with Crippen molar-refractivity contribution in [3.8, 4) is 34.3 Å². The van der Waals surface area contributed by atoms with Crippen LogP contribution < -0.4 is 10.2 Å². The molecule has 11 nitrogen and oxygen atoms in total. The van der Waals surface area contributed by atoms with E-state index in [0.29, 0.717) is 0 Å². The second-order valence-corrected chi connectivity index (χ2v) is 7.31. The maximum absolute atomic E-state index is 12.5. The summed E-state index contributed by atoms with van der Waals surface area (Å²) in [6.45, 7) is -0.647. The van der Waals surface area contributed by atoms with Crippen LogP contribution in [-0.4, -0.2) is 73.1 Å². The average Bonchev–Trinajstić information content (AvgIpc) is 2.75. The van der Waals surface area contributed by atoms with Crippen LogP contribution in [0.2, 0.25) is 0 Å². The SMILES string of the molecule is O=c1cc(-c2ccc(O)c(O)c2)oc2cc(O[C@@H]3OC(CO)[C@@H](O)[C@H](O)C3O)cc(O)c12. The van der Waals surface area contributed by atoms with E-state index in [9.17, 15) is 40.5 Å². The highest BCUT2D eigenvalue weighted by molar-refractivity contribution is 5.86. The minimum atomic E-state index is -1.68. The highest BCUT2D eigenvalue weighted by Gasteiger charge is 2.44. The molecule has 2 unspecified atom stereocenters. The van der Waals surface area contributed by atoms with E-state index in [1.807, 2.05) is 0 Å². The number of fused-ring (bicyclic) bond motifs is 1. The second-order valence-electron chi connectivity index (χ2n) is 7.31. The van der Waals surface area contributed by atoms with E-state index in [1.54, 1.807) is 0 Å². The topological polar surface area (TPSA) is 190 Å². The molecule has 170 valence electrons. The number of ether oxygens (including phenoxy) is 2. The Labute approximate surface area is 179 Å². The van der Waals surface area contributed by atoms with Crippen molar-refractivity contribution < 1.29 is 49.6 Å². The molecule has 3 aromatic rings. The van der Waals surface area contributed by atoms with E-state index < -0.39 is 54.2 Å². The highest BCUT2D eigenvalue weighted by atomic mass is 16.7. The Morgan fingerprint density at radius 3 is 2.31 bits per heavy atom. The molecule has 1 saturated heterocycles. The van der Waals surface area contributed by atoms with Gasteiger partial charge >= 0.3 is 0 Å². The van der Waals surface area contributed by atoms with Crippen LogP contribution in [0.25, 0.3) is 22.3 Å². The summed E-state index contributed by atoms with van der Waals surface area (Å²) >= 11 is 0. The number of rotatable bonds is 4. The lowest BCUT2D eigenvalue weighted by Crippen LogP contribution is -2.60. The maximum atomic E-state index is 12.5. The van der Waals surface area contributed by atoms with E-state index in [4.69, 9.17) is 13.9 Å². The minimum Gasteiger partial charge on any atom is -0.507 e. The number of benzene rings is 2. The fourth-order valence-electron chi connectivity index (χ4n) is 3.43. The van der Waals surface area contributed by atoms with Crippen LogP contribution in [0.5, 0.6) is 23.0 Å². The lowest BCUT2D eigenvalue weighted by atomic mass is 9.99. The maximum Gasteiger partial charge on any atom is 0.229 e. The van der Waals surface area contributed by atoms with E-state index in [0.717, 1.165) is 12.1 Å². The fraction of sp³-hybridized carbons (Fsp3) is 0.286.